The number of aryl methyl sites for hydroxylation is 1. The van der Waals surface area contributed by atoms with Gasteiger partial charge < -0.3 is 10.2 Å². The molecule has 0 bridgehead atoms. The number of aromatic amines is 1. The lowest BCUT2D eigenvalue weighted by atomic mass is 10.3. The first-order valence-corrected chi connectivity index (χ1v) is 6.43. The summed E-state index contributed by atoms with van der Waals surface area (Å²) in [6.07, 6.45) is 1.47. The summed E-state index contributed by atoms with van der Waals surface area (Å²) in [5.41, 5.74) is -1.17. The Morgan fingerprint density at radius 3 is 2.68 bits per heavy atom. The number of piperazine rings is 1. The van der Waals surface area contributed by atoms with Crippen LogP contribution in [0.25, 0.3) is 0 Å². The first-order valence-electron chi connectivity index (χ1n) is 6.05. The van der Waals surface area contributed by atoms with E-state index in [2.05, 4.69) is 10.3 Å². The summed E-state index contributed by atoms with van der Waals surface area (Å²) >= 11 is 5.64. The van der Waals surface area contributed by atoms with Crippen LogP contribution in [0.1, 0.15) is 6.42 Å². The Balaban J connectivity index is 1.98. The maximum absolute atomic E-state index is 11.9. The van der Waals surface area contributed by atoms with Gasteiger partial charge in [0.2, 0.25) is 5.91 Å². The van der Waals surface area contributed by atoms with Crippen molar-refractivity contribution in [2.75, 3.05) is 26.2 Å². The molecule has 0 radical (unpaired) electrons. The van der Waals surface area contributed by atoms with Gasteiger partial charge in [0.15, 0.2) is 0 Å². The van der Waals surface area contributed by atoms with Crippen LogP contribution in [-0.2, 0) is 11.3 Å². The highest BCUT2D eigenvalue weighted by Gasteiger charge is 2.16. The molecular formula is C11H15ClN4O3. The van der Waals surface area contributed by atoms with E-state index >= 15 is 0 Å². The Hall–Kier alpha value is -1.60. The number of nitrogens with zero attached hydrogens (tertiary/aromatic N) is 2. The van der Waals surface area contributed by atoms with Gasteiger partial charge in [0, 0.05) is 45.3 Å². The standard InChI is InChI=1S/C11H15ClN4O3/c12-8-7-16(11(19)14-10(8)18)4-1-9(17)15-5-2-13-3-6-15/h7,13H,1-6H2,(H,14,18,19). The molecule has 0 aliphatic carbocycles. The van der Waals surface area contributed by atoms with Crippen LogP contribution in [0, 0.1) is 0 Å². The van der Waals surface area contributed by atoms with Crippen molar-refractivity contribution in [3.63, 3.8) is 0 Å². The largest absolute Gasteiger partial charge is 0.340 e. The highest BCUT2D eigenvalue weighted by Crippen LogP contribution is 2.00. The topological polar surface area (TPSA) is 87.2 Å². The number of carbonyl (C=O) groups is 1. The molecule has 7 nitrogen and oxygen atoms in total. The van der Waals surface area contributed by atoms with Gasteiger partial charge in [0.05, 0.1) is 0 Å². The Bertz CT molecular complexity index is 574. The average Bonchev–Trinajstić information content (AvgIpc) is 2.42. The van der Waals surface area contributed by atoms with E-state index in [1.807, 2.05) is 0 Å². The van der Waals surface area contributed by atoms with Crippen molar-refractivity contribution in [1.29, 1.82) is 0 Å². The lowest BCUT2D eigenvalue weighted by Gasteiger charge is -2.27. The number of H-pyrrole nitrogens is 1. The van der Waals surface area contributed by atoms with Crippen LogP contribution >= 0.6 is 11.6 Å². The molecule has 19 heavy (non-hydrogen) atoms. The second-order valence-electron chi connectivity index (χ2n) is 4.31. The summed E-state index contributed by atoms with van der Waals surface area (Å²) in [4.78, 5) is 38.4. The molecule has 1 aromatic rings. The maximum atomic E-state index is 11.9. The monoisotopic (exact) mass is 286 g/mol. The first-order chi connectivity index (χ1) is 9.08. The minimum atomic E-state index is -0.614. The summed E-state index contributed by atoms with van der Waals surface area (Å²) in [6.45, 7) is 3.14. The third-order valence-electron chi connectivity index (χ3n) is 3.00. The Kier molecular flexibility index (Phi) is 4.39. The molecule has 1 aromatic heterocycles. The molecule has 104 valence electrons. The summed E-state index contributed by atoms with van der Waals surface area (Å²) in [5.74, 6) is -0.00396. The van der Waals surface area contributed by atoms with E-state index in [-0.39, 0.29) is 23.9 Å². The second-order valence-corrected chi connectivity index (χ2v) is 4.72. The van der Waals surface area contributed by atoms with E-state index in [1.54, 1.807) is 4.90 Å². The highest BCUT2D eigenvalue weighted by molar-refractivity contribution is 6.30. The van der Waals surface area contributed by atoms with Crippen LogP contribution < -0.4 is 16.6 Å². The molecule has 1 aliphatic rings. The molecule has 2 rings (SSSR count). The van der Waals surface area contributed by atoms with Gasteiger partial charge in [0.1, 0.15) is 5.02 Å². The Labute approximate surface area is 114 Å². The molecule has 0 aromatic carbocycles. The fraction of sp³-hybridized carbons (Fsp3) is 0.545. The first kappa shape index (κ1) is 13.8. The van der Waals surface area contributed by atoms with Crippen molar-refractivity contribution in [1.82, 2.24) is 19.8 Å². The zero-order chi connectivity index (χ0) is 13.8. The van der Waals surface area contributed by atoms with Gasteiger partial charge in [-0.2, -0.15) is 0 Å². The number of rotatable bonds is 3. The van der Waals surface area contributed by atoms with Gasteiger partial charge in [-0.3, -0.25) is 19.1 Å². The van der Waals surface area contributed by atoms with Crippen LogP contribution in [0.4, 0.5) is 0 Å². The highest BCUT2D eigenvalue weighted by atomic mass is 35.5. The van der Waals surface area contributed by atoms with Crippen molar-refractivity contribution in [3.8, 4) is 0 Å². The minimum Gasteiger partial charge on any atom is -0.340 e. The lowest BCUT2D eigenvalue weighted by Crippen LogP contribution is -2.46. The second kappa shape index (κ2) is 6.03. The fourth-order valence-corrected chi connectivity index (χ4v) is 2.10. The number of nitrogens with one attached hydrogen (secondary N) is 2. The molecule has 1 amide bonds. The lowest BCUT2D eigenvalue weighted by molar-refractivity contribution is -0.132. The third-order valence-corrected chi connectivity index (χ3v) is 3.27. The van der Waals surface area contributed by atoms with Crippen molar-refractivity contribution in [2.24, 2.45) is 0 Å². The average molecular weight is 287 g/mol. The summed E-state index contributed by atoms with van der Waals surface area (Å²) < 4.78 is 1.24. The molecule has 2 heterocycles. The number of aromatic nitrogens is 2. The zero-order valence-electron chi connectivity index (χ0n) is 10.3. The SMILES string of the molecule is O=C(CCn1cc(Cl)c(=O)[nH]c1=O)N1CCNCC1. The Morgan fingerprint density at radius 2 is 2.00 bits per heavy atom. The maximum Gasteiger partial charge on any atom is 0.328 e. The van der Waals surface area contributed by atoms with Gasteiger partial charge in [-0.15, -0.1) is 0 Å². The molecule has 1 saturated heterocycles. The molecule has 0 saturated carbocycles. The van der Waals surface area contributed by atoms with Crippen molar-refractivity contribution in [3.05, 3.63) is 32.1 Å². The summed E-state index contributed by atoms with van der Waals surface area (Å²) in [5, 5.41) is 3.10. The van der Waals surface area contributed by atoms with E-state index in [9.17, 15) is 14.4 Å². The predicted octanol–water partition coefficient (Wildman–Crippen LogP) is -0.988. The van der Waals surface area contributed by atoms with Gasteiger partial charge in [0.25, 0.3) is 5.56 Å². The quantitative estimate of drug-likeness (QED) is 0.747. The Morgan fingerprint density at radius 1 is 1.32 bits per heavy atom. The molecular weight excluding hydrogens is 272 g/mol. The number of amides is 1. The van der Waals surface area contributed by atoms with Gasteiger partial charge in [-0.05, 0) is 0 Å². The number of halogens is 1. The van der Waals surface area contributed by atoms with Gasteiger partial charge in [-0.1, -0.05) is 11.6 Å². The van der Waals surface area contributed by atoms with E-state index < -0.39 is 11.2 Å². The summed E-state index contributed by atoms with van der Waals surface area (Å²) in [6, 6.07) is 0. The van der Waals surface area contributed by atoms with Crippen LogP contribution in [0.5, 0.6) is 0 Å². The van der Waals surface area contributed by atoms with Crippen molar-refractivity contribution in [2.45, 2.75) is 13.0 Å². The van der Waals surface area contributed by atoms with E-state index in [0.29, 0.717) is 13.1 Å². The number of hydrogen-bond acceptors (Lipinski definition) is 4. The summed E-state index contributed by atoms with van der Waals surface area (Å²) in [7, 11) is 0. The number of hydrogen-bond donors (Lipinski definition) is 2. The predicted molar refractivity (Wildman–Crippen MR) is 70.4 cm³/mol. The normalized spacial score (nSPS) is 15.5. The third kappa shape index (κ3) is 3.45. The van der Waals surface area contributed by atoms with Crippen LogP contribution in [0.3, 0.4) is 0 Å². The molecule has 8 heteroatoms. The van der Waals surface area contributed by atoms with E-state index in [4.69, 9.17) is 11.6 Å². The van der Waals surface area contributed by atoms with Crippen LogP contribution in [-0.4, -0.2) is 46.5 Å². The van der Waals surface area contributed by atoms with Gasteiger partial charge in [-0.25, -0.2) is 4.79 Å². The molecule has 0 unspecified atom stereocenters. The van der Waals surface area contributed by atoms with Crippen LogP contribution in [0.15, 0.2) is 15.8 Å². The van der Waals surface area contributed by atoms with Crippen LogP contribution in [0.2, 0.25) is 5.02 Å². The molecule has 2 N–H and O–H groups in total. The van der Waals surface area contributed by atoms with E-state index in [1.165, 1.54) is 10.8 Å². The minimum absolute atomic E-state index is 0.00396. The van der Waals surface area contributed by atoms with Gasteiger partial charge >= 0.3 is 5.69 Å². The molecule has 1 fully saturated rings. The van der Waals surface area contributed by atoms with Crippen molar-refractivity contribution >= 4 is 17.5 Å². The zero-order valence-corrected chi connectivity index (χ0v) is 11.1. The molecule has 1 aliphatic heterocycles. The fourth-order valence-electron chi connectivity index (χ4n) is 1.94. The smallest absolute Gasteiger partial charge is 0.328 e. The number of carbonyl (C=O) groups excluding carboxylic acids is 1. The van der Waals surface area contributed by atoms with Crippen molar-refractivity contribution < 1.29 is 4.79 Å². The van der Waals surface area contributed by atoms with E-state index in [0.717, 1.165) is 13.1 Å². The molecule has 0 spiro atoms. The molecule has 0 atom stereocenters.